The van der Waals surface area contributed by atoms with Crippen molar-refractivity contribution in [1.29, 1.82) is 0 Å². The van der Waals surface area contributed by atoms with E-state index in [0.29, 0.717) is 35.2 Å². The normalized spacial score (nSPS) is 12.1. The molecule has 0 atom stereocenters. The van der Waals surface area contributed by atoms with E-state index in [2.05, 4.69) is 0 Å². The Bertz CT molecular complexity index is 935. The van der Waals surface area contributed by atoms with Crippen LogP contribution in [0.5, 0.6) is 23.0 Å². The fourth-order valence-corrected chi connectivity index (χ4v) is 2.60. The maximum absolute atomic E-state index is 12.5. The van der Waals surface area contributed by atoms with E-state index in [0.717, 1.165) is 5.56 Å². The van der Waals surface area contributed by atoms with Crippen molar-refractivity contribution in [2.45, 2.75) is 6.92 Å². The second-order valence-corrected chi connectivity index (χ2v) is 6.48. The van der Waals surface area contributed by atoms with Crippen LogP contribution in [-0.2, 0) is 4.79 Å². The van der Waals surface area contributed by atoms with Gasteiger partial charge < -0.3 is 23.8 Å². The molecular formula is C22H23NO6. The summed E-state index contributed by atoms with van der Waals surface area (Å²) in [5, 5.41) is 0. The highest BCUT2D eigenvalue weighted by molar-refractivity contribution is 6.07. The highest BCUT2D eigenvalue weighted by Gasteiger charge is 2.15. The molecule has 152 valence electrons. The number of fused-ring (bicyclic) bond motifs is 1. The molecule has 0 aromatic heterocycles. The Balaban J connectivity index is 1.72. The summed E-state index contributed by atoms with van der Waals surface area (Å²) in [6.07, 6.45) is 3.18. The topological polar surface area (TPSA) is 74.3 Å². The van der Waals surface area contributed by atoms with E-state index < -0.39 is 0 Å². The summed E-state index contributed by atoms with van der Waals surface area (Å²) in [7, 11) is 3.33. The summed E-state index contributed by atoms with van der Waals surface area (Å²) in [5.41, 5.74) is 1.28. The van der Waals surface area contributed by atoms with E-state index >= 15 is 0 Å². The summed E-state index contributed by atoms with van der Waals surface area (Å²) in [4.78, 5) is 25.6. The molecule has 29 heavy (non-hydrogen) atoms. The van der Waals surface area contributed by atoms with Crippen LogP contribution in [0.25, 0.3) is 6.08 Å². The summed E-state index contributed by atoms with van der Waals surface area (Å²) in [6, 6.07) is 10.4. The first-order chi connectivity index (χ1) is 14.0. The number of likely N-dealkylation sites (N-methyl/N-ethyl adjacent to an activating group) is 1. The molecule has 7 heteroatoms. The molecule has 3 rings (SSSR count). The third kappa shape index (κ3) is 5.07. The number of benzene rings is 2. The van der Waals surface area contributed by atoms with E-state index in [1.165, 1.54) is 11.0 Å². The smallest absolute Gasteiger partial charge is 0.259 e. The van der Waals surface area contributed by atoms with Gasteiger partial charge in [0.15, 0.2) is 35.4 Å². The monoisotopic (exact) mass is 397 g/mol. The number of carbonyl (C=O) groups is 2. The lowest BCUT2D eigenvalue weighted by Gasteiger charge is -2.14. The molecule has 0 N–H and O–H groups in total. The molecule has 1 aliphatic rings. The van der Waals surface area contributed by atoms with Crippen molar-refractivity contribution in [3.05, 3.63) is 53.6 Å². The minimum absolute atomic E-state index is 0.0785. The zero-order chi connectivity index (χ0) is 20.8. The molecule has 7 nitrogen and oxygen atoms in total. The second kappa shape index (κ2) is 9.14. The Labute approximate surface area is 169 Å². The van der Waals surface area contributed by atoms with Crippen LogP contribution in [0.1, 0.15) is 22.8 Å². The minimum atomic E-state index is -0.154. The highest BCUT2D eigenvalue weighted by Crippen LogP contribution is 2.33. The summed E-state index contributed by atoms with van der Waals surface area (Å²) < 4.78 is 21.7. The molecule has 1 amide bonds. The van der Waals surface area contributed by atoms with Crippen LogP contribution in [0, 0.1) is 0 Å². The molecule has 0 saturated carbocycles. The fourth-order valence-electron chi connectivity index (χ4n) is 2.60. The number of carbonyl (C=O) groups excluding carboxylic acids is 2. The Kier molecular flexibility index (Phi) is 6.39. The Morgan fingerprint density at radius 1 is 1.03 bits per heavy atom. The maximum atomic E-state index is 12.5. The molecule has 0 aliphatic carbocycles. The van der Waals surface area contributed by atoms with Crippen molar-refractivity contribution in [2.75, 3.05) is 34.1 Å². The molecule has 0 fully saturated rings. The van der Waals surface area contributed by atoms with Crippen molar-refractivity contribution in [2.24, 2.45) is 0 Å². The van der Waals surface area contributed by atoms with E-state index in [1.54, 1.807) is 56.6 Å². The predicted octanol–water partition coefficient (Wildman–Crippen LogP) is 3.18. The van der Waals surface area contributed by atoms with Gasteiger partial charge in [0.25, 0.3) is 5.91 Å². The van der Waals surface area contributed by atoms with Gasteiger partial charge in [-0.15, -0.1) is 0 Å². The molecule has 2 aromatic carbocycles. The quantitative estimate of drug-likeness (QED) is 0.503. The average molecular weight is 397 g/mol. The zero-order valence-corrected chi connectivity index (χ0v) is 16.6. The van der Waals surface area contributed by atoms with Gasteiger partial charge in [0.05, 0.1) is 6.61 Å². The largest absolute Gasteiger partial charge is 0.490 e. The lowest BCUT2D eigenvalue weighted by atomic mass is 10.1. The number of amides is 1. The number of allylic oxidation sites excluding steroid dienone is 1. The van der Waals surface area contributed by atoms with Crippen molar-refractivity contribution in [3.8, 4) is 23.0 Å². The van der Waals surface area contributed by atoms with E-state index in [-0.39, 0.29) is 25.1 Å². The number of hydrogen-bond donors (Lipinski definition) is 0. The number of rotatable bonds is 8. The highest BCUT2D eigenvalue weighted by atomic mass is 16.7. The number of ketones is 1. The Hall–Kier alpha value is -3.48. The van der Waals surface area contributed by atoms with Crippen LogP contribution in [0.4, 0.5) is 0 Å². The van der Waals surface area contributed by atoms with E-state index in [9.17, 15) is 9.59 Å². The maximum Gasteiger partial charge on any atom is 0.259 e. The summed E-state index contributed by atoms with van der Waals surface area (Å²) in [6.45, 7) is 2.39. The first-order valence-corrected chi connectivity index (χ1v) is 9.19. The summed E-state index contributed by atoms with van der Waals surface area (Å²) in [5.74, 6) is 1.88. The van der Waals surface area contributed by atoms with Crippen LogP contribution in [0.2, 0.25) is 0 Å². The lowest BCUT2D eigenvalue weighted by molar-refractivity contribution is -0.130. The van der Waals surface area contributed by atoms with E-state index in [1.807, 2.05) is 6.92 Å². The number of nitrogens with zero attached hydrogens (tertiary/aromatic N) is 1. The first kappa shape index (κ1) is 20.3. The standard InChI is InChI=1S/C22H23NO6/c1-4-26-20-11-15(6-9-18(20)27-13-22(25)23(2)3)5-8-17(24)16-7-10-19-21(12-16)29-14-28-19/h5-12H,4,13-14H2,1-3H3/b8-5+. The second-order valence-electron chi connectivity index (χ2n) is 6.48. The van der Waals surface area contributed by atoms with Crippen molar-refractivity contribution >= 4 is 17.8 Å². The molecule has 0 spiro atoms. The number of ether oxygens (including phenoxy) is 4. The Morgan fingerprint density at radius 3 is 2.59 bits per heavy atom. The van der Waals surface area contributed by atoms with E-state index in [4.69, 9.17) is 18.9 Å². The first-order valence-electron chi connectivity index (χ1n) is 9.19. The average Bonchev–Trinajstić information content (AvgIpc) is 3.19. The van der Waals surface area contributed by atoms with Crippen molar-refractivity contribution < 1.29 is 28.5 Å². The van der Waals surface area contributed by atoms with Gasteiger partial charge in [-0.25, -0.2) is 0 Å². The van der Waals surface area contributed by atoms with Crippen molar-refractivity contribution in [3.63, 3.8) is 0 Å². The van der Waals surface area contributed by atoms with Gasteiger partial charge in [0, 0.05) is 19.7 Å². The molecule has 0 bridgehead atoms. The van der Waals surface area contributed by atoms with Crippen LogP contribution >= 0.6 is 0 Å². The van der Waals surface area contributed by atoms with Gasteiger partial charge in [-0.1, -0.05) is 12.1 Å². The van der Waals surface area contributed by atoms with Crippen LogP contribution in [-0.4, -0.2) is 50.7 Å². The van der Waals surface area contributed by atoms with Gasteiger partial charge in [-0.3, -0.25) is 9.59 Å². The third-order valence-electron chi connectivity index (χ3n) is 4.20. The molecular weight excluding hydrogens is 374 g/mol. The lowest BCUT2D eigenvalue weighted by Crippen LogP contribution is -2.27. The van der Waals surface area contributed by atoms with Gasteiger partial charge in [-0.05, 0) is 48.9 Å². The molecule has 0 radical (unpaired) electrons. The van der Waals surface area contributed by atoms with Crippen LogP contribution < -0.4 is 18.9 Å². The predicted molar refractivity (Wildman–Crippen MR) is 108 cm³/mol. The Morgan fingerprint density at radius 2 is 1.83 bits per heavy atom. The minimum Gasteiger partial charge on any atom is -0.490 e. The molecule has 0 unspecified atom stereocenters. The van der Waals surface area contributed by atoms with Crippen molar-refractivity contribution in [1.82, 2.24) is 4.90 Å². The van der Waals surface area contributed by atoms with Crippen LogP contribution in [0.3, 0.4) is 0 Å². The van der Waals surface area contributed by atoms with Crippen LogP contribution in [0.15, 0.2) is 42.5 Å². The summed E-state index contributed by atoms with van der Waals surface area (Å²) >= 11 is 0. The van der Waals surface area contributed by atoms with Gasteiger partial charge in [0.2, 0.25) is 6.79 Å². The SMILES string of the molecule is CCOc1cc(/C=C/C(=O)c2ccc3c(c2)OCO3)ccc1OCC(=O)N(C)C. The van der Waals surface area contributed by atoms with Gasteiger partial charge in [0.1, 0.15) is 0 Å². The molecule has 1 heterocycles. The number of hydrogen-bond acceptors (Lipinski definition) is 6. The zero-order valence-electron chi connectivity index (χ0n) is 16.6. The third-order valence-corrected chi connectivity index (χ3v) is 4.20. The molecule has 2 aromatic rings. The molecule has 1 aliphatic heterocycles. The molecule has 0 saturated heterocycles. The van der Waals surface area contributed by atoms with Gasteiger partial charge in [-0.2, -0.15) is 0 Å². The fraction of sp³-hybridized carbons (Fsp3) is 0.273. The van der Waals surface area contributed by atoms with Gasteiger partial charge >= 0.3 is 0 Å².